The number of hydrogen-bond donors (Lipinski definition) is 0. The number of carbonyl (C=O) groups excluding carboxylic acids is 1. The van der Waals surface area contributed by atoms with E-state index in [1.54, 1.807) is 12.2 Å². The number of nitrogens with zero attached hydrogens (tertiary/aromatic N) is 1. The molecule has 3 nitrogen and oxygen atoms in total. The van der Waals surface area contributed by atoms with E-state index < -0.39 is 5.97 Å². The van der Waals surface area contributed by atoms with E-state index >= 15 is 0 Å². The zero-order valence-electron chi connectivity index (χ0n) is 8.14. The number of aliphatic imine (C=N–C) groups is 1. The number of rotatable bonds is 2. The van der Waals surface area contributed by atoms with Crippen molar-refractivity contribution in [3.05, 3.63) is 46.3 Å². The molecule has 0 unspecified atom stereocenters. The fourth-order valence-corrected chi connectivity index (χ4v) is 1.77. The number of cyclic esters (lactones) is 1. The second-order valence-electron chi connectivity index (χ2n) is 2.86. The summed E-state index contributed by atoms with van der Waals surface area (Å²) < 4.78 is 5.03. The highest BCUT2D eigenvalue weighted by Gasteiger charge is 2.23. The Kier molecular flexibility index (Phi) is 2.78. The summed E-state index contributed by atoms with van der Waals surface area (Å²) in [6.07, 6.45) is 5.24. The number of hydrogen-bond acceptors (Lipinski definition) is 4. The van der Waals surface area contributed by atoms with Crippen LogP contribution in [0.5, 0.6) is 0 Å². The highest BCUT2D eigenvalue weighted by atomic mass is 32.1. The van der Waals surface area contributed by atoms with E-state index in [0.717, 1.165) is 4.88 Å². The zero-order valence-corrected chi connectivity index (χ0v) is 8.95. The molecule has 1 aliphatic heterocycles. The van der Waals surface area contributed by atoms with E-state index in [-0.39, 0.29) is 0 Å². The molecule has 4 heteroatoms. The minimum Gasteiger partial charge on any atom is -0.401 e. The van der Waals surface area contributed by atoms with Crippen LogP contribution in [0.15, 0.2) is 46.4 Å². The Hall–Kier alpha value is -1.68. The maximum atomic E-state index is 11.4. The minimum absolute atomic E-state index is 0.344. The fraction of sp³-hybridized carbons (Fsp3) is 0.0909. The maximum absolute atomic E-state index is 11.4. The predicted molar refractivity (Wildman–Crippen MR) is 59.8 cm³/mol. The van der Waals surface area contributed by atoms with E-state index in [4.69, 9.17) is 4.74 Å². The van der Waals surface area contributed by atoms with Crippen molar-refractivity contribution in [1.82, 2.24) is 0 Å². The van der Waals surface area contributed by atoms with Gasteiger partial charge in [0.25, 0.3) is 0 Å². The second-order valence-corrected chi connectivity index (χ2v) is 3.81. The third-order valence-electron chi connectivity index (χ3n) is 1.80. The summed E-state index contributed by atoms with van der Waals surface area (Å²) in [7, 11) is 0. The van der Waals surface area contributed by atoms with Crippen molar-refractivity contribution in [3.63, 3.8) is 0 Å². The van der Waals surface area contributed by atoms with Crippen LogP contribution in [0.1, 0.15) is 11.8 Å². The van der Waals surface area contributed by atoms with Crippen LogP contribution in [0.3, 0.4) is 0 Å². The molecule has 2 heterocycles. The van der Waals surface area contributed by atoms with E-state index in [2.05, 4.69) is 4.99 Å². The SMILES string of the molecule is CC=CC=C1N=C(c2cccs2)OC1=O. The van der Waals surface area contributed by atoms with Gasteiger partial charge < -0.3 is 4.74 Å². The lowest BCUT2D eigenvalue weighted by Crippen LogP contribution is -2.03. The molecular weight excluding hydrogens is 210 g/mol. The largest absolute Gasteiger partial charge is 0.401 e. The number of esters is 1. The minimum atomic E-state index is -0.392. The first-order valence-corrected chi connectivity index (χ1v) is 5.37. The van der Waals surface area contributed by atoms with Crippen LogP contribution in [0.4, 0.5) is 0 Å². The van der Waals surface area contributed by atoms with Gasteiger partial charge >= 0.3 is 5.97 Å². The van der Waals surface area contributed by atoms with E-state index in [9.17, 15) is 4.79 Å². The summed E-state index contributed by atoms with van der Waals surface area (Å²) in [6, 6.07) is 3.76. The van der Waals surface area contributed by atoms with Gasteiger partial charge in [0, 0.05) is 0 Å². The highest BCUT2D eigenvalue weighted by Crippen LogP contribution is 2.19. The second kappa shape index (κ2) is 4.23. The summed E-state index contributed by atoms with van der Waals surface area (Å²) in [5.74, 6) is 0.00209. The summed E-state index contributed by atoms with van der Waals surface area (Å²) in [6.45, 7) is 1.88. The van der Waals surface area contributed by atoms with Crippen LogP contribution >= 0.6 is 11.3 Å². The lowest BCUT2D eigenvalue weighted by molar-refractivity contribution is -0.130. The molecule has 0 N–H and O–H groups in total. The predicted octanol–water partition coefficient (Wildman–Crippen LogP) is 2.51. The average Bonchev–Trinajstić information content (AvgIpc) is 2.83. The number of thiophene rings is 1. The van der Waals surface area contributed by atoms with Gasteiger partial charge in [-0.2, -0.15) is 0 Å². The summed E-state index contributed by atoms with van der Waals surface area (Å²) >= 11 is 1.49. The van der Waals surface area contributed by atoms with E-state index in [1.807, 2.05) is 30.5 Å². The van der Waals surface area contributed by atoms with Crippen LogP contribution in [0.25, 0.3) is 0 Å². The molecule has 0 radical (unpaired) electrons. The van der Waals surface area contributed by atoms with E-state index in [0.29, 0.717) is 11.6 Å². The monoisotopic (exact) mass is 219 g/mol. The van der Waals surface area contributed by atoms with Gasteiger partial charge in [-0.25, -0.2) is 9.79 Å². The van der Waals surface area contributed by atoms with Crippen molar-refractivity contribution in [1.29, 1.82) is 0 Å². The molecule has 0 aliphatic carbocycles. The first kappa shape index (κ1) is 9.86. The Bertz CT molecular complexity index is 455. The molecule has 0 amide bonds. The Balaban J connectivity index is 2.28. The molecule has 0 spiro atoms. The van der Waals surface area contributed by atoms with Crippen LogP contribution in [0, 0.1) is 0 Å². The molecule has 0 saturated heterocycles. The molecule has 0 bridgehead atoms. The van der Waals surface area contributed by atoms with Gasteiger partial charge in [0.1, 0.15) is 0 Å². The number of allylic oxidation sites excluding steroid dienone is 3. The Morgan fingerprint density at radius 3 is 3.07 bits per heavy atom. The lowest BCUT2D eigenvalue weighted by atomic mass is 10.4. The molecule has 0 atom stereocenters. The number of carbonyl (C=O) groups is 1. The molecule has 0 fully saturated rings. The molecular formula is C11H9NO2S. The van der Waals surface area contributed by atoms with Crippen LogP contribution < -0.4 is 0 Å². The topological polar surface area (TPSA) is 38.7 Å². The van der Waals surface area contributed by atoms with Crippen LogP contribution in [-0.4, -0.2) is 11.9 Å². The molecule has 0 saturated carbocycles. The van der Waals surface area contributed by atoms with Crippen LogP contribution in [-0.2, 0) is 9.53 Å². The molecule has 76 valence electrons. The normalized spacial score (nSPS) is 18.6. The average molecular weight is 219 g/mol. The van der Waals surface area contributed by atoms with Gasteiger partial charge in [-0.1, -0.05) is 18.2 Å². The van der Waals surface area contributed by atoms with Crippen molar-refractivity contribution < 1.29 is 9.53 Å². The Morgan fingerprint density at radius 2 is 2.40 bits per heavy atom. The highest BCUT2D eigenvalue weighted by molar-refractivity contribution is 7.12. The van der Waals surface area contributed by atoms with Crippen molar-refractivity contribution in [2.75, 3.05) is 0 Å². The summed E-state index contributed by atoms with van der Waals surface area (Å²) in [4.78, 5) is 16.3. The van der Waals surface area contributed by atoms with E-state index in [1.165, 1.54) is 11.3 Å². The molecule has 1 aromatic rings. The van der Waals surface area contributed by atoms with Crippen molar-refractivity contribution in [3.8, 4) is 0 Å². The molecule has 1 aromatic heterocycles. The summed E-state index contributed by atoms with van der Waals surface area (Å²) in [5, 5.41) is 1.92. The third kappa shape index (κ3) is 2.05. The first-order chi connectivity index (χ1) is 7.31. The quantitative estimate of drug-likeness (QED) is 0.566. The molecule has 2 rings (SSSR count). The third-order valence-corrected chi connectivity index (χ3v) is 2.66. The smallest absolute Gasteiger partial charge is 0.363 e. The molecule has 15 heavy (non-hydrogen) atoms. The van der Waals surface area contributed by atoms with Gasteiger partial charge in [-0.05, 0) is 24.4 Å². The molecule has 1 aliphatic rings. The maximum Gasteiger partial charge on any atom is 0.363 e. The lowest BCUT2D eigenvalue weighted by Gasteiger charge is -1.92. The van der Waals surface area contributed by atoms with Crippen molar-refractivity contribution in [2.24, 2.45) is 4.99 Å². The van der Waals surface area contributed by atoms with Crippen LogP contribution in [0.2, 0.25) is 0 Å². The van der Waals surface area contributed by atoms with Crippen molar-refractivity contribution in [2.45, 2.75) is 6.92 Å². The van der Waals surface area contributed by atoms with Gasteiger partial charge in [0.2, 0.25) is 5.90 Å². The zero-order chi connectivity index (χ0) is 10.7. The van der Waals surface area contributed by atoms with Gasteiger partial charge in [0.15, 0.2) is 5.70 Å². The first-order valence-electron chi connectivity index (χ1n) is 4.49. The van der Waals surface area contributed by atoms with Gasteiger partial charge in [-0.15, -0.1) is 11.3 Å². The van der Waals surface area contributed by atoms with Crippen molar-refractivity contribution >= 4 is 23.2 Å². The Labute approximate surface area is 91.4 Å². The van der Waals surface area contributed by atoms with Gasteiger partial charge in [-0.3, -0.25) is 0 Å². The number of ether oxygens (including phenoxy) is 1. The standard InChI is InChI=1S/C11H9NO2S/c1-2-3-5-8-11(13)14-10(12-8)9-6-4-7-15-9/h2-7H,1H3. The Morgan fingerprint density at radius 1 is 1.53 bits per heavy atom. The summed E-state index contributed by atoms with van der Waals surface area (Å²) in [5.41, 5.74) is 0.344. The molecule has 0 aromatic carbocycles. The van der Waals surface area contributed by atoms with Gasteiger partial charge in [0.05, 0.1) is 4.88 Å². The fourth-order valence-electron chi connectivity index (χ4n) is 1.12.